The molecule has 0 saturated carbocycles. The van der Waals surface area contributed by atoms with Crippen molar-refractivity contribution < 1.29 is 14.1 Å². The minimum absolute atomic E-state index is 0.0962. The smallest absolute Gasteiger partial charge is 0.319 e. The molecule has 0 bridgehead atoms. The molecule has 0 aromatic carbocycles. The van der Waals surface area contributed by atoms with E-state index in [9.17, 15) is 4.79 Å². The van der Waals surface area contributed by atoms with Crippen molar-refractivity contribution in [1.82, 2.24) is 30.1 Å². The summed E-state index contributed by atoms with van der Waals surface area (Å²) in [6, 6.07) is 3.23. The topological polar surface area (TPSA) is 119 Å². The highest BCUT2D eigenvalue weighted by atomic mass is 16.5. The predicted octanol–water partition coefficient (Wildman–Crippen LogP) is 1.33. The quantitative estimate of drug-likeness (QED) is 0.717. The molecule has 3 aromatic heterocycles. The molecule has 2 amide bonds. The zero-order valence-electron chi connectivity index (χ0n) is 13.4. The van der Waals surface area contributed by atoms with E-state index >= 15 is 0 Å². The number of rotatable bonds is 5. The second-order valence-electron chi connectivity index (χ2n) is 5.67. The van der Waals surface area contributed by atoms with Crippen LogP contribution in [-0.2, 0) is 11.2 Å². The van der Waals surface area contributed by atoms with Crippen LogP contribution in [0.15, 0.2) is 29.2 Å². The second-order valence-corrected chi connectivity index (χ2v) is 5.67. The number of nitrogens with zero attached hydrogens (tertiary/aromatic N) is 5. The van der Waals surface area contributed by atoms with Crippen molar-refractivity contribution in [3.63, 3.8) is 0 Å². The van der Waals surface area contributed by atoms with E-state index in [1.807, 2.05) is 0 Å². The normalized spacial score (nSPS) is 17.0. The lowest BCUT2D eigenvalue weighted by molar-refractivity contribution is 0.0835. The van der Waals surface area contributed by atoms with Gasteiger partial charge in [-0.1, -0.05) is 5.16 Å². The highest BCUT2D eigenvalue weighted by Gasteiger charge is 2.23. The zero-order valence-corrected chi connectivity index (χ0v) is 13.4. The first-order valence-electron chi connectivity index (χ1n) is 8.07. The molecule has 1 aliphatic rings. The SMILES string of the molecule is O=C(NCCc1noc(C2CCCO2)n1)Nc1cccn2cnnc12. The third-order valence-corrected chi connectivity index (χ3v) is 3.89. The van der Waals surface area contributed by atoms with E-state index < -0.39 is 0 Å². The molecule has 0 aliphatic carbocycles. The van der Waals surface area contributed by atoms with Crippen LogP contribution in [0.5, 0.6) is 0 Å². The molecular formula is C15H17N7O3. The molecule has 10 heteroatoms. The lowest BCUT2D eigenvalue weighted by atomic mass is 10.2. The number of carbonyl (C=O) groups is 1. The van der Waals surface area contributed by atoms with Crippen molar-refractivity contribution >= 4 is 17.4 Å². The molecule has 0 spiro atoms. The summed E-state index contributed by atoms with van der Waals surface area (Å²) in [5.41, 5.74) is 1.16. The third-order valence-electron chi connectivity index (χ3n) is 3.89. The van der Waals surface area contributed by atoms with Crippen LogP contribution in [0, 0.1) is 0 Å². The lowest BCUT2D eigenvalue weighted by Gasteiger charge is -2.07. The number of carbonyl (C=O) groups excluding carboxylic acids is 1. The number of ether oxygens (including phenoxy) is 1. The maximum atomic E-state index is 12.0. The van der Waals surface area contributed by atoms with E-state index in [0.29, 0.717) is 36.0 Å². The van der Waals surface area contributed by atoms with Gasteiger partial charge in [0.25, 0.3) is 5.89 Å². The maximum Gasteiger partial charge on any atom is 0.319 e. The van der Waals surface area contributed by atoms with E-state index in [0.717, 1.165) is 19.4 Å². The number of urea groups is 1. The van der Waals surface area contributed by atoms with Gasteiger partial charge in [-0.2, -0.15) is 4.98 Å². The van der Waals surface area contributed by atoms with Crippen LogP contribution in [0.4, 0.5) is 10.5 Å². The summed E-state index contributed by atoms with van der Waals surface area (Å²) in [5, 5.41) is 17.2. The van der Waals surface area contributed by atoms with Gasteiger partial charge in [0.2, 0.25) is 0 Å². The van der Waals surface area contributed by atoms with Crippen LogP contribution >= 0.6 is 0 Å². The first-order valence-corrected chi connectivity index (χ1v) is 8.07. The molecule has 25 heavy (non-hydrogen) atoms. The van der Waals surface area contributed by atoms with Gasteiger partial charge < -0.3 is 19.9 Å². The number of pyridine rings is 1. The fourth-order valence-corrected chi connectivity index (χ4v) is 2.68. The Bertz CT molecular complexity index is 869. The van der Waals surface area contributed by atoms with E-state index in [2.05, 4.69) is 31.0 Å². The molecule has 1 saturated heterocycles. The number of anilines is 1. The number of aromatic nitrogens is 5. The largest absolute Gasteiger partial charge is 0.368 e. The summed E-state index contributed by atoms with van der Waals surface area (Å²) >= 11 is 0. The van der Waals surface area contributed by atoms with Gasteiger partial charge in [0.15, 0.2) is 11.5 Å². The first-order chi connectivity index (χ1) is 12.3. The van der Waals surface area contributed by atoms with Gasteiger partial charge >= 0.3 is 6.03 Å². The molecule has 1 atom stereocenters. The maximum absolute atomic E-state index is 12.0. The molecule has 0 radical (unpaired) electrons. The van der Waals surface area contributed by atoms with Gasteiger partial charge in [0.1, 0.15) is 12.4 Å². The molecule has 130 valence electrons. The Morgan fingerprint density at radius 3 is 3.28 bits per heavy atom. The van der Waals surface area contributed by atoms with Gasteiger partial charge in [-0.3, -0.25) is 4.40 Å². The van der Waals surface area contributed by atoms with Crippen LogP contribution in [0.2, 0.25) is 0 Å². The summed E-state index contributed by atoms with van der Waals surface area (Å²) in [6.07, 6.45) is 5.65. The fraction of sp³-hybridized carbons (Fsp3) is 0.400. The summed E-state index contributed by atoms with van der Waals surface area (Å²) in [6.45, 7) is 1.11. The van der Waals surface area contributed by atoms with E-state index in [4.69, 9.17) is 9.26 Å². The van der Waals surface area contributed by atoms with Crippen LogP contribution < -0.4 is 10.6 Å². The monoisotopic (exact) mass is 343 g/mol. The molecular weight excluding hydrogens is 326 g/mol. The molecule has 1 fully saturated rings. The van der Waals surface area contributed by atoms with Crippen molar-refractivity contribution in [2.45, 2.75) is 25.4 Å². The summed E-state index contributed by atoms with van der Waals surface area (Å²) in [7, 11) is 0. The Morgan fingerprint density at radius 2 is 2.40 bits per heavy atom. The molecule has 4 rings (SSSR count). The first kappa shape index (κ1) is 15.5. The Balaban J connectivity index is 1.28. The van der Waals surface area contributed by atoms with E-state index in [1.54, 1.807) is 29.1 Å². The fourth-order valence-electron chi connectivity index (χ4n) is 2.68. The van der Waals surface area contributed by atoms with Crippen LogP contribution in [0.1, 0.15) is 30.7 Å². The summed E-state index contributed by atoms with van der Waals surface area (Å²) in [4.78, 5) is 16.3. The Hall–Kier alpha value is -3.01. The zero-order chi connectivity index (χ0) is 17.1. The highest BCUT2D eigenvalue weighted by Crippen LogP contribution is 2.26. The van der Waals surface area contributed by atoms with Gasteiger partial charge in [0.05, 0.1) is 5.69 Å². The average molecular weight is 343 g/mol. The van der Waals surface area contributed by atoms with Gasteiger partial charge in [0, 0.05) is 25.8 Å². The van der Waals surface area contributed by atoms with Crippen molar-refractivity contribution in [3.8, 4) is 0 Å². The Labute approximate surface area is 142 Å². The van der Waals surface area contributed by atoms with Gasteiger partial charge in [-0.15, -0.1) is 10.2 Å². The number of amides is 2. The standard InChI is InChI=1S/C15H17N7O3/c23-15(18-10-3-1-7-22-9-17-20-13(10)22)16-6-5-12-19-14(25-21-12)11-4-2-8-24-11/h1,3,7,9,11H,2,4-6,8H2,(H2,16,18,23). The van der Waals surface area contributed by atoms with Crippen molar-refractivity contribution in [1.29, 1.82) is 0 Å². The summed E-state index contributed by atoms with van der Waals surface area (Å²) < 4.78 is 12.4. The average Bonchev–Trinajstić information content (AvgIpc) is 3.36. The number of fused-ring (bicyclic) bond motifs is 1. The van der Waals surface area contributed by atoms with Crippen LogP contribution in [0.3, 0.4) is 0 Å². The molecule has 10 nitrogen and oxygen atoms in total. The van der Waals surface area contributed by atoms with Gasteiger partial charge in [-0.25, -0.2) is 4.79 Å². The molecule has 3 aromatic rings. The molecule has 2 N–H and O–H groups in total. The Kier molecular flexibility index (Phi) is 4.25. The molecule has 1 aliphatic heterocycles. The number of hydrogen-bond acceptors (Lipinski definition) is 7. The molecule has 4 heterocycles. The third kappa shape index (κ3) is 3.43. The van der Waals surface area contributed by atoms with Gasteiger partial charge in [-0.05, 0) is 25.0 Å². The van der Waals surface area contributed by atoms with Crippen molar-refractivity contribution in [3.05, 3.63) is 36.4 Å². The van der Waals surface area contributed by atoms with Crippen molar-refractivity contribution in [2.75, 3.05) is 18.5 Å². The molecule has 1 unspecified atom stereocenters. The minimum Gasteiger partial charge on any atom is -0.368 e. The van der Waals surface area contributed by atoms with E-state index in [-0.39, 0.29) is 12.1 Å². The number of nitrogens with one attached hydrogen (secondary N) is 2. The van der Waals surface area contributed by atoms with Crippen LogP contribution in [-0.4, -0.2) is 43.9 Å². The minimum atomic E-state index is -0.334. The van der Waals surface area contributed by atoms with Crippen LogP contribution in [0.25, 0.3) is 5.65 Å². The lowest BCUT2D eigenvalue weighted by Crippen LogP contribution is -2.30. The highest BCUT2D eigenvalue weighted by molar-refractivity contribution is 5.92. The number of hydrogen-bond donors (Lipinski definition) is 2. The summed E-state index contributed by atoms with van der Waals surface area (Å²) in [5.74, 6) is 1.06. The second kappa shape index (κ2) is 6.85. The van der Waals surface area contributed by atoms with E-state index in [1.165, 1.54) is 0 Å². The predicted molar refractivity (Wildman–Crippen MR) is 85.9 cm³/mol. The van der Waals surface area contributed by atoms with Crippen molar-refractivity contribution in [2.24, 2.45) is 0 Å². The Morgan fingerprint density at radius 1 is 1.44 bits per heavy atom.